The zero-order valence-electron chi connectivity index (χ0n) is 16.9. The Balaban J connectivity index is 1.43. The Hall–Kier alpha value is -2.80. The first kappa shape index (κ1) is 21.4. The van der Waals surface area contributed by atoms with Gasteiger partial charge < -0.3 is 14.6 Å². The summed E-state index contributed by atoms with van der Waals surface area (Å²) < 4.78 is 10.0. The minimum atomic E-state index is -0.948. The average molecular weight is 441 g/mol. The molecule has 31 heavy (non-hydrogen) atoms. The van der Waals surface area contributed by atoms with E-state index < -0.39 is 29.7 Å². The number of carboxylic acids is 1. The van der Waals surface area contributed by atoms with Crippen molar-refractivity contribution in [2.45, 2.75) is 23.0 Å². The second-order valence-corrected chi connectivity index (χ2v) is 9.24. The van der Waals surface area contributed by atoms with Crippen LogP contribution < -0.4 is 0 Å². The van der Waals surface area contributed by atoms with Crippen LogP contribution in [-0.2, 0) is 23.9 Å². The number of hydrogen-bond acceptors (Lipinski definition) is 6. The number of hydrogen-bond donors (Lipinski definition) is 1. The van der Waals surface area contributed by atoms with Crippen molar-refractivity contribution in [2.24, 2.45) is 23.7 Å². The summed E-state index contributed by atoms with van der Waals surface area (Å²) >= 11 is 1.72. The van der Waals surface area contributed by atoms with E-state index >= 15 is 0 Å². The van der Waals surface area contributed by atoms with Gasteiger partial charge in [0.25, 0.3) is 0 Å². The van der Waals surface area contributed by atoms with Crippen molar-refractivity contribution >= 4 is 40.4 Å². The Kier molecular flexibility index (Phi) is 6.32. The lowest BCUT2D eigenvalue weighted by Crippen LogP contribution is -2.40. The van der Waals surface area contributed by atoms with E-state index in [-0.39, 0.29) is 30.3 Å². The molecule has 2 aromatic rings. The van der Waals surface area contributed by atoms with E-state index in [1.54, 1.807) is 11.8 Å². The van der Waals surface area contributed by atoms with Crippen molar-refractivity contribution in [3.8, 4) is 0 Å². The van der Waals surface area contributed by atoms with Gasteiger partial charge in [-0.05, 0) is 41.5 Å². The number of rotatable bonds is 8. The molecule has 0 heterocycles. The molecular formula is C24H24O6S. The maximum atomic E-state index is 12.7. The zero-order chi connectivity index (χ0) is 22.0. The third-order valence-corrected chi connectivity index (χ3v) is 7.72. The van der Waals surface area contributed by atoms with Gasteiger partial charge in [0.05, 0.1) is 11.8 Å². The van der Waals surface area contributed by atoms with Gasteiger partial charge >= 0.3 is 17.9 Å². The summed E-state index contributed by atoms with van der Waals surface area (Å²) in [6.07, 6.45) is 2.53. The molecular weight excluding hydrogens is 416 g/mol. The Bertz CT molecular complexity index is 1010. The van der Waals surface area contributed by atoms with Crippen molar-refractivity contribution in [3.63, 3.8) is 0 Å². The maximum absolute atomic E-state index is 12.7. The Morgan fingerprint density at radius 3 is 2.55 bits per heavy atom. The van der Waals surface area contributed by atoms with Gasteiger partial charge in [0.1, 0.15) is 13.2 Å². The number of esters is 2. The smallest absolute Gasteiger partial charge is 0.330 e. The SMILES string of the molecule is C=CC(=O)OCCOC(=O)C1C2CC(Sc3cccc4ccccc34)C(C2)C1C(=O)O. The summed E-state index contributed by atoms with van der Waals surface area (Å²) in [6.45, 7) is 3.13. The standard InChI is InChI=1S/C24H24O6S/c1-2-20(25)29-10-11-30-24(28)21-15-12-17(22(21)23(26)27)19(13-15)31-18-9-5-7-14-6-3-4-8-16(14)18/h2-9,15,17,19,21-22H,1,10-13H2,(H,26,27). The number of fused-ring (bicyclic) bond motifs is 3. The molecule has 5 atom stereocenters. The molecule has 162 valence electrons. The fourth-order valence-electron chi connectivity index (χ4n) is 5.01. The molecule has 4 rings (SSSR count). The number of carbonyl (C=O) groups is 3. The average Bonchev–Trinajstić information content (AvgIpc) is 3.35. The van der Waals surface area contributed by atoms with E-state index in [2.05, 4.69) is 30.8 Å². The van der Waals surface area contributed by atoms with Crippen LogP contribution in [0.4, 0.5) is 0 Å². The Morgan fingerprint density at radius 2 is 1.77 bits per heavy atom. The number of thioether (sulfide) groups is 1. The normalized spacial score (nSPS) is 26.5. The molecule has 0 saturated heterocycles. The highest BCUT2D eigenvalue weighted by Crippen LogP contribution is 2.57. The van der Waals surface area contributed by atoms with E-state index in [4.69, 9.17) is 9.47 Å². The minimum absolute atomic E-state index is 0.0122. The molecule has 0 radical (unpaired) electrons. The number of ether oxygens (including phenoxy) is 2. The summed E-state index contributed by atoms with van der Waals surface area (Å²) in [7, 11) is 0. The second-order valence-electron chi connectivity index (χ2n) is 7.96. The van der Waals surface area contributed by atoms with Crippen LogP contribution in [0.3, 0.4) is 0 Å². The quantitative estimate of drug-likeness (QED) is 0.378. The number of carbonyl (C=O) groups excluding carboxylic acids is 2. The first-order chi connectivity index (χ1) is 15.0. The second kappa shape index (κ2) is 9.14. The van der Waals surface area contributed by atoms with Gasteiger partial charge in [-0.2, -0.15) is 0 Å². The highest BCUT2D eigenvalue weighted by atomic mass is 32.2. The summed E-state index contributed by atoms with van der Waals surface area (Å²) in [6, 6.07) is 14.3. The summed E-state index contributed by atoms with van der Waals surface area (Å²) in [5, 5.41) is 12.4. The monoisotopic (exact) mass is 440 g/mol. The molecule has 2 fully saturated rings. The largest absolute Gasteiger partial charge is 0.481 e. The molecule has 2 saturated carbocycles. The van der Waals surface area contributed by atoms with Crippen LogP contribution in [0.15, 0.2) is 60.0 Å². The third-order valence-electron chi connectivity index (χ3n) is 6.27. The van der Waals surface area contributed by atoms with E-state index in [0.717, 1.165) is 28.2 Å². The fourth-order valence-corrected chi connectivity index (χ4v) is 6.61. The fraction of sp³-hybridized carbons (Fsp3) is 0.375. The van der Waals surface area contributed by atoms with Gasteiger partial charge in [0.2, 0.25) is 0 Å². The van der Waals surface area contributed by atoms with Crippen molar-refractivity contribution in [3.05, 3.63) is 55.1 Å². The summed E-state index contributed by atoms with van der Waals surface area (Å²) in [5.74, 6) is -3.55. The molecule has 1 N–H and O–H groups in total. The molecule has 2 aromatic carbocycles. The highest BCUT2D eigenvalue weighted by Gasteiger charge is 2.58. The van der Waals surface area contributed by atoms with Crippen molar-refractivity contribution < 1.29 is 29.0 Å². The molecule has 0 spiro atoms. The van der Waals surface area contributed by atoms with Crippen LogP contribution in [0.25, 0.3) is 10.8 Å². The van der Waals surface area contributed by atoms with Crippen molar-refractivity contribution in [1.29, 1.82) is 0 Å². The van der Waals surface area contributed by atoms with Crippen LogP contribution in [0.1, 0.15) is 12.8 Å². The van der Waals surface area contributed by atoms with Crippen LogP contribution in [0, 0.1) is 23.7 Å². The lowest BCUT2D eigenvalue weighted by atomic mass is 9.79. The molecule has 2 aliphatic carbocycles. The molecule has 7 heteroatoms. The molecule has 0 aromatic heterocycles. The molecule has 6 nitrogen and oxygen atoms in total. The van der Waals surface area contributed by atoms with Crippen molar-refractivity contribution in [2.75, 3.05) is 13.2 Å². The van der Waals surface area contributed by atoms with Crippen LogP contribution in [-0.4, -0.2) is 41.5 Å². The maximum Gasteiger partial charge on any atom is 0.330 e. The lowest BCUT2D eigenvalue weighted by molar-refractivity contribution is -0.162. The van der Waals surface area contributed by atoms with E-state index in [9.17, 15) is 19.5 Å². The van der Waals surface area contributed by atoms with E-state index in [0.29, 0.717) is 6.42 Å². The zero-order valence-corrected chi connectivity index (χ0v) is 17.8. The molecule has 2 aliphatic rings. The van der Waals surface area contributed by atoms with E-state index in [1.165, 1.54) is 0 Å². The van der Waals surface area contributed by atoms with Gasteiger partial charge in [0.15, 0.2) is 0 Å². The predicted octanol–water partition coefficient (Wildman–Crippen LogP) is 3.93. The Morgan fingerprint density at radius 1 is 1.03 bits per heavy atom. The van der Waals surface area contributed by atoms with Gasteiger partial charge in [-0.3, -0.25) is 9.59 Å². The lowest BCUT2D eigenvalue weighted by Gasteiger charge is -2.32. The summed E-state index contributed by atoms with van der Waals surface area (Å²) in [4.78, 5) is 36.9. The van der Waals surface area contributed by atoms with Crippen LogP contribution in [0.5, 0.6) is 0 Å². The minimum Gasteiger partial charge on any atom is -0.481 e. The highest BCUT2D eigenvalue weighted by molar-refractivity contribution is 8.00. The first-order valence-electron chi connectivity index (χ1n) is 10.3. The molecule has 0 aliphatic heterocycles. The topological polar surface area (TPSA) is 89.9 Å². The van der Waals surface area contributed by atoms with Crippen LogP contribution in [0.2, 0.25) is 0 Å². The van der Waals surface area contributed by atoms with E-state index in [1.807, 2.05) is 18.2 Å². The van der Waals surface area contributed by atoms with Crippen molar-refractivity contribution in [1.82, 2.24) is 0 Å². The number of aliphatic carboxylic acids is 1. The van der Waals surface area contributed by atoms with Crippen LogP contribution >= 0.6 is 11.8 Å². The van der Waals surface area contributed by atoms with Gasteiger partial charge in [-0.25, -0.2) is 4.79 Å². The van der Waals surface area contributed by atoms with Gasteiger partial charge in [-0.15, -0.1) is 11.8 Å². The third kappa shape index (κ3) is 4.32. The summed E-state index contributed by atoms with van der Waals surface area (Å²) in [5.41, 5.74) is 0. The number of carboxylic acid groups (broad SMARTS) is 1. The molecule has 2 bridgehead atoms. The van der Waals surface area contributed by atoms with Gasteiger partial charge in [0, 0.05) is 16.2 Å². The van der Waals surface area contributed by atoms with Gasteiger partial charge in [-0.1, -0.05) is 43.0 Å². The number of benzene rings is 2. The Labute approximate surface area is 184 Å². The first-order valence-corrected chi connectivity index (χ1v) is 11.2. The molecule has 0 amide bonds. The molecule has 5 unspecified atom stereocenters. The predicted molar refractivity (Wildman–Crippen MR) is 117 cm³/mol.